The second-order valence-electron chi connectivity index (χ2n) is 9.63. The molecular formula is C29H39F3O. The third-order valence-corrected chi connectivity index (χ3v) is 7.09. The van der Waals surface area contributed by atoms with E-state index < -0.39 is 6.11 Å². The van der Waals surface area contributed by atoms with Crippen LogP contribution in [-0.2, 0) is 23.7 Å². The zero-order valence-corrected chi connectivity index (χ0v) is 20.2. The fourth-order valence-corrected chi connectivity index (χ4v) is 5.02. The summed E-state index contributed by atoms with van der Waals surface area (Å²) in [4.78, 5) is 0. The van der Waals surface area contributed by atoms with E-state index in [2.05, 4.69) is 6.92 Å². The summed E-state index contributed by atoms with van der Waals surface area (Å²) in [5.41, 5.74) is 2.37. The van der Waals surface area contributed by atoms with Gasteiger partial charge in [0.2, 0.25) is 0 Å². The molecule has 3 rings (SSSR count). The molecule has 1 aliphatic carbocycles. The lowest BCUT2D eigenvalue weighted by Crippen LogP contribution is -2.20. The van der Waals surface area contributed by atoms with Gasteiger partial charge in [0.15, 0.2) is 0 Å². The van der Waals surface area contributed by atoms with E-state index in [-0.39, 0.29) is 24.4 Å². The summed E-state index contributed by atoms with van der Waals surface area (Å²) in [5.74, 6) is 1.04. The van der Waals surface area contributed by atoms with E-state index in [1.54, 1.807) is 12.1 Å². The van der Waals surface area contributed by atoms with Crippen molar-refractivity contribution in [1.29, 1.82) is 0 Å². The molecule has 1 fully saturated rings. The molecule has 0 saturated heterocycles. The van der Waals surface area contributed by atoms with Gasteiger partial charge in [0, 0.05) is 0 Å². The Balaban J connectivity index is 1.48. The molecule has 33 heavy (non-hydrogen) atoms. The summed E-state index contributed by atoms with van der Waals surface area (Å²) in [5, 5.41) is 0. The van der Waals surface area contributed by atoms with Crippen LogP contribution in [0.25, 0.3) is 0 Å². The van der Waals surface area contributed by atoms with Gasteiger partial charge in [-0.1, -0.05) is 82.3 Å². The van der Waals surface area contributed by atoms with Gasteiger partial charge in [-0.05, 0) is 73.1 Å². The van der Waals surface area contributed by atoms with E-state index in [0.29, 0.717) is 23.5 Å². The molecule has 2 aromatic carbocycles. The fraction of sp³-hybridized carbons (Fsp3) is 0.586. The molecule has 2 aromatic rings. The second kappa shape index (κ2) is 12.6. The Morgan fingerprint density at radius 1 is 0.879 bits per heavy atom. The van der Waals surface area contributed by atoms with Crippen LogP contribution in [0.5, 0.6) is 0 Å². The van der Waals surface area contributed by atoms with Crippen LogP contribution in [0.3, 0.4) is 0 Å². The molecule has 0 amide bonds. The van der Waals surface area contributed by atoms with Crippen molar-refractivity contribution in [3.63, 3.8) is 0 Å². The largest absolute Gasteiger partial charge is 0.383 e. The quantitative estimate of drug-likeness (QED) is 0.287. The number of hydrogen-bond acceptors (Lipinski definition) is 1. The highest BCUT2D eigenvalue weighted by molar-refractivity contribution is 5.28. The summed E-state index contributed by atoms with van der Waals surface area (Å²) < 4.78 is 48.1. The Hall–Kier alpha value is -1.81. The normalized spacial score (nSPS) is 19.1. The van der Waals surface area contributed by atoms with Crippen molar-refractivity contribution in [2.24, 2.45) is 5.92 Å². The molecule has 0 heterocycles. The number of unbranched alkanes of at least 4 members (excludes halogenated alkanes) is 2. The topological polar surface area (TPSA) is 9.23 Å². The molecule has 182 valence electrons. The monoisotopic (exact) mass is 460 g/mol. The molecule has 4 heteroatoms. The lowest BCUT2D eigenvalue weighted by atomic mass is 9.77. The Morgan fingerprint density at radius 3 is 2.24 bits per heavy atom. The molecule has 0 aliphatic heterocycles. The maximum atomic E-state index is 14.6. The van der Waals surface area contributed by atoms with Gasteiger partial charge in [0.05, 0.1) is 12.2 Å². The summed E-state index contributed by atoms with van der Waals surface area (Å²) in [6, 6.07) is 11.7. The lowest BCUT2D eigenvalue weighted by Gasteiger charge is -2.29. The van der Waals surface area contributed by atoms with Crippen molar-refractivity contribution < 1.29 is 17.9 Å². The predicted octanol–water partition coefficient (Wildman–Crippen LogP) is 8.94. The molecule has 1 aliphatic rings. The lowest BCUT2D eigenvalue weighted by molar-refractivity contribution is -0.248. The predicted molar refractivity (Wildman–Crippen MR) is 129 cm³/mol. The van der Waals surface area contributed by atoms with Crippen molar-refractivity contribution in [1.82, 2.24) is 0 Å². The molecule has 0 spiro atoms. The van der Waals surface area contributed by atoms with Crippen molar-refractivity contribution >= 4 is 0 Å². The maximum Gasteiger partial charge on any atom is 0.383 e. The van der Waals surface area contributed by atoms with Gasteiger partial charge < -0.3 is 4.74 Å². The van der Waals surface area contributed by atoms with Crippen LogP contribution in [0, 0.1) is 11.7 Å². The van der Waals surface area contributed by atoms with Crippen LogP contribution in [0.15, 0.2) is 42.5 Å². The molecule has 0 bridgehead atoms. The van der Waals surface area contributed by atoms with E-state index in [1.165, 1.54) is 56.7 Å². The average Bonchev–Trinajstić information content (AvgIpc) is 2.81. The number of alkyl halides is 2. The van der Waals surface area contributed by atoms with Gasteiger partial charge in [-0.3, -0.25) is 0 Å². The number of ether oxygens (including phenoxy) is 1. The van der Waals surface area contributed by atoms with Gasteiger partial charge in [0.1, 0.15) is 5.82 Å². The van der Waals surface area contributed by atoms with Gasteiger partial charge in [0.25, 0.3) is 0 Å². The van der Waals surface area contributed by atoms with Gasteiger partial charge in [-0.15, -0.1) is 0 Å². The molecule has 1 nitrogen and oxygen atoms in total. The van der Waals surface area contributed by atoms with Gasteiger partial charge in [-0.2, -0.15) is 8.78 Å². The van der Waals surface area contributed by atoms with Gasteiger partial charge >= 0.3 is 6.11 Å². The standard InChI is InChI=1S/C29H39F3O/c1-3-5-6-8-22-9-12-24(13-10-22)25-15-17-27(18-16-25)29(31,32)33-20-19-23-11-14-26(7-4-2)28(30)21-23/h11,14-18,21-22,24H,3-10,12-13,19-20H2,1-2H3. The summed E-state index contributed by atoms with van der Waals surface area (Å²) >= 11 is 0. The van der Waals surface area contributed by atoms with E-state index in [4.69, 9.17) is 4.74 Å². The zero-order valence-electron chi connectivity index (χ0n) is 20.2. The molecule has 1 saturated carbocycles. The van der Waals surface area contributed by atoms with Crippen LogP contribution in [0.4, 0.5) is 13.2 Å². The summed E-state index contributed by atoms with van der Waals surface area (Å²) in [6.07, 6.45) is 8.47. The van der Waals surface area contributed by atoms with Crippen LogP contribution in [0.2, 0.25) is 0 Å². The third kappa shape index (κ3) is 7.60. The first-order valence-corrected chi connectivity index (χ1v) is 12.8. The second-order valence-corrected chi connectivity index (χ2v) is 9.63. The van der Waals surface area contributed by atoms with Crippen molar-refractivity contribution in [3.05, 3.63) is 70.5 Å². The minimum absolute atomic E-state index is 0.121. The number of halogens is 3. The smallest absolute Gasteiger partial charge is 0.316 e. The van der Waals surface area contributed by atoms with Crippen LogP contribution in [-0.4, -0.2) is 6.61 Å². The first-order valence-electron chi connectivity index (χ1n) is 12.8. The highest BCUT2D eigenvalue weighted by Gasteiger charge is 2.33. The minimum Gasteiger partial charge on any atom is -0.316 e. The summed E-state index contributed by atoms with van der Waals surface area (Å²) in [7, 11) is 0. The number of hydrogen-bond donors (Lipinski definition) is 0. The highest BCUT2D eigenvalue weighted by atomic mass is 19.3. The van der Waals surface area contributed by atoms with Crippen LogP contribution >= 0.6 is 0 Å². The zero-order chi connectivity index (χ0) is 23.7. The Labute approximate surface area is 197 Å². The number of benzene rings is 2. The van der Waals surface area contributed by atoms with Crippen LogP contribution in [0.1, 0.15) is 99.8 Å². The average molecular weight is 461 g/mol. The Bertz CT molecular complexity index is 838. The van der Waals surface area contributed by atoms with Crippen molar-refractivity contribution in [2.45, 2.75) is 96.5 Å². The first-order chi connectivity index (χ1) is 15.9. The molecule has 0 unspecified atom stereocenters. The molecule has 0 radical (unpaired) electrons. The molecule has 0 atom stereocenters. The fourth-order valence-electron chi connectivity index (χ4n) is 5.02. The Morgan fingerprint density at radius 2 is 1.61 bits per heavy atom. The molecular weight excluding hydrogens is 421 g/mol. The maximum absolute atomic E-state index is 14.6. The van der Waals surface area contributed by atoms with E-state index in [9.17, 15) is 13.2 Å². The molecule has 0 N–H and O–H groups in total. The van der Waals surface area contributed by atoms with E-state index >= 15 is 0 Å². The molecule has 0 aromatic heterocycles. The summed E-state index contributed by atoms with van der Waals surface area (Å²) in [6.45, 7) is 4.07. The first kappa shape index (κ1) is 25.8. The highest BCUT2D eigenvalue weighted by Crippen LogP contribution is 2.39. The number of aryl methyl sites for hydroxylation is 1. The van der Waals surface area contributed by atoms with Crippen molar-refractivity contribution in [3.8, 4) is 0 Å². The van der Waals surface area contributed by atoms with E-state index in [1.807, 2.05) is 19.1 Å². The SMILES string of the molecule is CCCCCC1CCC(c2ccc(C(F)(F)OCCc3ccc(CCC)c(F)c3)cc2)CC1. The van der Waals surface area contributed by atoms with Crippen LogP contribution < -0.4 is 0 Å². The third-order valence-electron chi connectivity index (χ3n) is 7.09. The van der Waals surface area contributed by atoms with Crippen molar-refractivity contribution in [2.75, 3.05) is 6.61 Å². The Kier molecular flexibility index (Phi) is 9.85. The number of rotatable bonds is 12. The minimum atomic E-state index is -3.35. The van der Waals surface area contributed by atoms with E-state index in [0.717, 1.165) is 30.7 Å². The van der Waals surface area contributed by atoms with Gasteiger partial charge in [-0.25, -0.2) is 4.39 Å².